The average Bonchev–Trinajstić information content (AvgIpc) is 2.22. The summed E-state index contributed by atoms with van der Waals surface area (Å²) in [5.41, 5.74) is 0. The maximum atomic E-state index is 5.24. The lowest BCUT2D eigenvalue weighted by molar-refractivity contribution is 0.361. The molecule has 0 heterocycles. The standard InChI is InChI=1S/C14H27N/c1-4-6-7-8-9-10-11-12-14-15(3)13-5-2/h2H,4,6-14H2,1,3H3. The van der Waals surface area contributed by atoms with Gasteiger partial charge in [-0.25, -0.2) is 0 Å². The molecule has 0 aliphatic carbocycles. The Morgan fingerprint density at radius 2 is 1.47 bits per heavy atom. The van der Waals surface area contributed by atoms with Gasteiger partial charge in [0.2, 0.25) is 0 Å². The molecule has 1 heteroatoms. The van der Waals surface area contributed by atoms with Crippen molar-refractivity contribution in [1.29, 1.82) is 0 Å². The quantitative estimate of drug-likeness (QED) is 0.392. The normalized spacial score (nSPS) is 10.5. The van der Waals surface area contributed by atoms with Crippen LogP contribution in [0.1, 0.15) is 58.3 Å². The fraction of sp³-hybridized carbons (Fsp3) is 0.857. The van der Waals surface area contributed by atoms with E-state index in [4.69, 9.17) is 6.42 Å². The predicted molar refractivity (Wildman–Crippen MR) is 68.9 cm³/mol. The summed E-state index contributed by atoms with van der Waals surface area (Å²) in [4.78, 5) is 2.22. The van der Waals surface area contributed by atoms with E-state index in [2.05, 4.69) is 24.8 Å². The fourth-order valence-corrected chi connectivity index (χ4v) is 1.75. The van der Waals surface area contributed by atoms with Crippen LogP contribution in [0.2, 0.25) is 0 Å². The Hall–Kier alpha value is -0.480. The van der Waals surface area contributed by atoms with Gasteiger partial charge in [0, 0.05) is 0 Å². The third-order valence-electron chi connectivity index (χ3n) is 2.75. The minimum Gasteiger partial charge on any atom is -0.295 e. The van der Waals surface area contributed by atoms with Crippen molar-refractivity contribution in [2.45, 2.75) is 58.3 Å². The smallest absolute Gasteiger partial charge is 0.0596 e. The lowest BCUT2D eigenvalue weighted by atomic mass is 10.1. The van der Waals surface area contributed by atoms with Gasteiger partial charge >= 0.3 is 0 Å². The Bertz CT molecular complexity index is 157. The van der Waals surface area contributed by atoms with Crippen LogP contribution in [0.5, 0.6) is 0 Å². The predicted octanol–water partition coefficient (Wildman–Crippen LogP) is 3.69. The molecule has 0 saturated carbocycles. The maximum Gasteiger partial charge on any atom is 0.0596 e. The van der Waals surface area contributed by atoms with Gasteiger partial charge in [0.05, 0.1) is 6.54 Å². The average molecular weight is 209 g/mol. The minimum absolute atomic E-state index is 0.788. The maximum absolute atomic E-state index is 5.24. The molecule has 15 heavy (non-hydrogen) atoms. The molecule has 0 radical (unpaired) electrons. The third-order valence-corrected chi connectivity index (χ3v) is 2.75. The van der Waals surface area contributed by atoms with E-state index in [1.165, 1.54) is 51.4 Å². The summed E-state index contributed by atoms with van der Waals surface area (Å²) in [6.45, 7) is 4.21. The van der Waals surface area contributed by atoms with E-state index >= 15 is 0 Å². The molecular formula is C14H27N. The van der Waals surface area contributed by atoms with Crippen molar-refractivity contribution in [1.82, 2.24) is 4.90 Å². The Morgan fingerprint density at radius 1 is 0.933 bits per heavy atom. The highest BCUT2D eigenvalue weighted by atomic mass is 15.1. The van der Waals surface area contributed by atoms with Crippen LogP contribution in [0.3, 0.4) is 0 Å². The second-order valence-electron chi connectivity index (χ2n) is 4.42. The molecule has 1 nitrogen and oxygen atoms in total. The van der Waals surface area contributed by atoms with Gasteiger partial charge in [0.1, 0.15) is 0 Å². The van der Waals surface area contributed by atoms with Crippen LogP contribution >= 0.6 is 0 Å². The van der Waals surface area contributed by atoms with Crippen LogP contribution in [0, 0.1) is 12.3 Å². The van der Waals surface area contributed by atoms with Gasteiger partial charge in [-0.3, -0.25) is 4.90 Å². The summed E-state index contributed by atoms with van der Waals surface area (Å²) < 4.78 is 0. The van der Waals surface area contributed by atoms with Crippen LogP contribution in [0.4, 0.5) is 0 Å². The molecule has 0 rings (SSSR count). The molecule has 0 saturated heterocycles. The first-order valence-electron chi connectivity index (χ1n) is 6.43. The van der Waals surface area contributed by atoms with Gasteiger partial charge < -0.3 is 0 Å². The molecule has 88 valence electrons. The molecule has 0 fully saturated rings. The number of nitrogens with zero attached hydrogens (tertiary/aromatic N) is 1. The summed E-state index contributed by atoms with van der Waals surface area (Å²) in [6, 6.07) is 0. The van der Waals surface area contributed by atoms with E-state index in [9.17, 15) is 0 Å². The van der Waals surface area contributed by atoms with E-state index < -0.39 is 0 Å². The van der Waals surface area contributed by atoms with Crippen molar-refractivity contribution >= 4 is 0 Å². The molecule has 0 aliphatic heterocycles. The van der Waals surface area contributed by atoms with Crippen molar-refractivity contribution < 1.29 is 0 Å². The molecular weight excluding hydrogens is 182 g/mol. The van der Waals surface area contributed by atoms with Gasteiger partial charge in [-0.1, -0.05) is 57.8 Å². The molecule has 0 aliphatic rings. The molecule has 0 bridgehead atoms. The van der Waals surface area contributed by atoms with Gasteiger partial charge in [0.15, 0.2) is 0 Å². The Balaban J connectivity index is 3.02. The van der Waals surface area contributed by atoms with Crippen LogP contribution in [0.25, 0.3) is 0 Å². The molecule has 0 aromatic heterocycles. The number of hydrogen-bond donors (Lipinski definition) is 0. The zero-order chi connectivity index (χ0) is 11.4. The summed E-state index contributed by atoms with van der Waals surface area (Å²) >= 11 is 0. The van der Waals surface area contributed by atoms with Gasteiger partial charge in [0.25, 0.3) is 0 Å². The van der Waals surface area contributed by atoms with Gasteiger partial charge in [-0.2, -0.15) is 0 Å². The lowest BCUT2D eigenvalue weighted by Gasteiger charge is -2.12. The summed E-state index contributed by atoms with van der Waals surface area (Å²) in [5, 5.41) is 0. The minimum atomic E-state index is 0.788. The first-order chi connectivity index (χ1) is 7.31. The molecule has 0 atom stereocenters. The Morgan fingerprint density at radius 3 is 2.00 bits per heavy atom. The lowest BCUT2D eigenvalue weighted by Crippen LogP contribution is -2.19. The summed E-state index contributed by atoms with van der Waals surface area (Å²) in [7, 11) is 2.10. The van der Waals surface area contributed by atoms with Crippen molar-refractivity contribution in [2.75, 3.05) is 20.1 Å². The molecule has 0 unspecified atom stereocenters. The Labute approximate surface area is 96.2 Å². The highest BCUT2D eigenvalue weighted by Gasteiger charge is 1.95. The Kier molecular flexibility index (Phi) is 11.2. The van der Waals surface area contributed by atoms with Crippen LogP contribution in [0.15, 0.2) is 0 Å². The second-order valence-corrected chi connectivity index (χ2v) is 4.42. The van der Waals surface area contributed by atoms with E-state index in [0.717, 1.165) is 13.1 Å². The van der Waals surface area contributed by atoms with E-state index in [1.807, 2.05) is 0 Å². The van der Waals surface area contributed by atoms with E-state index in [-0.39, 0.29) is 0 Å². The van der Waals surface area contributed by atoms with Crippen LogP contribution in [-0.2, 0) is 0 Å². The van der Waals surface area contributed by atoms with Gasteiger partial charge in [-0.15, -0.1) is 6.42 Å². The molecule has 0 amide bonds. The van der Waals surface area contributed by atoms with Crippen molar-refractivity contribution in [3.05, 3.63) is 0 Å². The second kappa shape index (κ2) is 11.6. The summed E-state index contributed by atoms with van der Waals surface area (Å²) in [5.74, 6) is 2.67. The van der Waals surface area contributed by atoms with Crippen molar-refractivity contribution in [3.63, 3.8) is 0 Å². The fourth-order valence-electron chi connectivity index (χ4n) is 1.75. The number of terminal acetylenes is 1. The topological polar surface area (TPSA) is 3.24 Å². The highest BCUT2D eigenvalue weighted by molar-refractivity contribution is 4.86. The number of unbranched alkanes of at least 4 members (excludes halogenated alkanes) is 7. The molecule has 0 N–H and O–H groups in total. The number of rotatable bonds is 10. The number of hydrogen-bond acceptors (Lipinski definition) is 1. The molecule has 0 aromatic carbocycles. The van der Waals surface area contributed by atoms with E-state index in [0.29, 0.717) is 0 Å². The van der Waals surface area contributed by atoms with Gasteiger partial charge in [-0.05, 0) is 20.0 Å². The zero-order valence-corrected chi connectivity index (χ0v) is 10.6. The first-order valence-corrected chi connectivity index (χ1v) is 6.43. The van der Waals surface area contributed by atoms with Crippen molar-refractivity contribution in [3.8, 4) is 12.3 Å². The highest BCUT2D eigenvalue weighted by Crippen LogP contribution is 2.08. The largest absolute Gasteiger partial charge is 0.295 e. The monoisotopic (exact) mass is 209 g/mol. The van der Waals surface area contributed by atoms with Crippen LogP contribution in [-0.4, -0.2) is 25.0 Å². The van der Waals surface area contributed by atoms with Crippen LogP contribution < -0.4 is 0 Å². The zero-order valence-electron chi connectivity index (χ0n) is 10.6. The molecule has 0 aromatic rings. The molecule has 0 spiro atoms. The summed E-state index contributed by atoms with van der Waals surface area (Å²) in [6.07, 6.45) is 16.3. The first kappa shape index (κ1) is 14.5. The van der Waals surface area contributed by atoms with E-state index in [1.54, 1.807) is 0 Å². The van der Waals surface area contributed by atoms with Crippen molar-refractivity contribution in [2.24, 2.45) is 0 Å². The third kappa shape index (κ3) is 11.4. The SMILES string of the molecule is C#CCN(C)CCCCCCCCCC.